The van der Waals surface area contributed by atoms with Crippen molar-refractivity contribution in [3.05, 3.63) is 62.8 Å². The van der Waals surface area contributed by atoms with Crippen LogP contribution < -0.4 is 16.0 Å². The van der Waals surface area contributed by atoms with Crippen LogP contribution >= 0.6 is 27.5 Å². The molecular weight excluding hydrogens is 347 g/mol. The SMILES string of the molecule is COc1cc(C(NN)c2cc(Br)ccc2F)ccc1Cl. The van der Waals surface area contributed by atoms with Crippen LogP contribution in [0.15, 0.2) is 40.9 Å². The lowest BCUT2D eigenvalue weighted by Crippen LogP contribution is -2.29. The van der Waals surface area contributed by atoms with Crippen molar-refractivity contribution >= 4 is 27.5 Å². The number of halogens is 3. The average molecular weight is 360 g/mol. The fourth-order valence-corrected chi connectivity index (χ4v) is 2.53. The average Bonchev–Trinajstić information content (AvgIpc) is 2.45. The number of methoxy groups -OCH3 is 1. The number of nitrogens with two attached hydrogens (primary N) is 1. The summed E-state index contributed by atoms with van der Waals surface area (Å²) in [6, 6.07) is 9.39. The largest absolute Gasteiger partial charge is 0.495 e. The van der Waals surface area contributed by atoms with Crippen LogP contribution in [0.4, 0.5) is 4.39 Å². The van der Waals surface area contributed by atoms with E-state index in [1.165, 1.54) is 13.2 Å². The van der Waals surface area contributed by atoms with Crippen molar-refractivity contribution < 1.29 is 9.13 Å². The molecule has 0 saturated heterocycles. The predicted octanol–water partition coefficient (Wildman–Crippen LogP) is 3.80. The minimum absolute atomic E-state index is 0.343. The van der Waals surface area contributed by atoms with E-state index >= 15 is 0 Å². The Hall–Kier alpha value is -1.14. The lowest BCUT2D eigenvalue weighted by molar-refractivity contribution is 0.413. The fraction of sp³-hybridized carbons (Fsp3) is 0.143. The second-order valence-electron chi connectivity index (χ2n) is 4.16. The molecule has 0 radical (unpaired) electrons. The molecule has 3 N–H and O–H groups in total. The minimum Gasteiger partial charge on any atom is -0.495 e. The third-order valence-electron chi connectivity index (χ3n) is 2.94. The smallest absolute Gasteiger partial charge is 0.137 e. The molecule has 106 valence electrons. The van der Waals surface area contributed by atoms with Gasteiger partial charge in [0.1, 0.15) is 11.6 Å². The van der Waals surface area contributed by atoms with E-state index in [9.17, 15) is 4.39 Å². The van der Waals surface area contributed by atoms with Crippen molar-refractivity contribution in [1.82, 2.24) is 5.43 Å². The van der Waals surface area contributed by atoms with E-state index < -0.39 is 6.04 Å². The molecule has 6 heteroatoms. The summed E-state index contributed by atoms with van der Waals surface area (Å²) in [7, 11) is 1.52. The van der Waals surface area contributed by atoms with Crippen LogP contribution in [0.1, 0.15) is 17.2 Å². The topological polar surface area (TPSA) is 47.3 Å². The normalized spacial score (nSPS) is 12.2. The number of hydrogen-bond donors (Lipinski definition) is 2. The van der Waals surface area contributed by atoms with Gasteiger partial charge >= 0.3 is 0 Å². The molecule has 20 heavy (non-hydrogen) atoms. The molecule has 3 nitrogen and oxygen atoms in total. The van der Waals surface area contributed by atoms with Gasteiger partial charge in [0.25, 0.3) is 0 Å². The highest BCUT2D eigenvalue weighted by molar-refractivity contribution is 9.10. The number of hydrogen-bond acceptors (Lipinski definition) is 3. The van der Waals surface area contributed by atoms with Crippen molar-refractivity contribution in [2.24, 2.45) is 5.84 Å². The Morgan fingerprint density at radius 3 is 2.70 bits per heavy atom. The second-order valence-corrected chi connectivity index (χ2v) is 5.48. The Bertz CT molecular complexity index is 624. The standard InChI is InChI=1S/C14H13BrClFN2O/c1-20-13-6-8(2-4-11(13)16)14(19-18)10-7-9(15)3-5-12(10)17/h2-7,14,19H,18H2,1H3. The van der Waals surface area contributed by atoms with Crippen LogP contribution in [0, 0.1) is 5.82 Å². The molecule has 0 spiro atoms. The number of ether oxygens (including phenoxy) is 1. The van der Waals surface area contributed by atoms with Gasteiger partial charge in [0.05, 0.1) is 18.2 Å². The summed E-state index contributed by atoms with van der Waals surface area (Å²) in [6.07, 6.45) is 0. The van der Waals surface area contributed by atoms with E-state index in [2.05, 4.69) is 21.4 Å². The number of benzene rings is 2. The van der Waals surface area contributed by atoms with Crippen molar-refractivity contribution in [2.75, 3.05) is 7.11 Å². The zero-order valence-electron chi connectivity index (χ0n) is 10.7. The first-order valence-corrected chi connectivity index (χ1v) is 6.98. The first-order chi connectivity index (χ1) is 9.56. The third kappa shape index (κ3) is 3.12. The van der Waals surface area contributed by atoms with Crippen molar-refractivity contribution in [3.63, 3.8) is 0 Å². The molecule has 1 unspecified atom stereocenters. The molecule has 0 fully saturated rings. The Morgan fingerprint density at radius 1 is 1.30 bits per heavy atom. The highest BCUT2D eigenvalue weighted by Crippen LogP contribution is 2.32. The van der Waals surface area contributed by atoms with Gasteiger partial charge in [-0.05, 0) is 35.9 Å². The van der Waals surface area contributed by atoms with Crippen LogP contribution in [-0.2, 0) is 0 Å². The van der Waals surface area contributed by atoms with Crippen LogP contribution in [0.3, 0.4) is 0 Å². The number of hydrazine groups is 1. The molecular formula is C14H13BrClFN2O. The quantitative estimate of drug-likeness (QED) is 0.645. The summed E-state index contributed by atoms with van der Waals surface area (Å²) in [5.41, 5.74) is 3.81. The maximum atomic E-state index is 14.0. The lowest BCUT2D eigenvalue weighted by atomic mass is 9.98. The van der Waals surface area contributed by atoms with Gasteiger partial charge in [-0.25, -0.2) is 9.82 Å². The zero-order chi connectivity index (χ0) is 14.7. The number of nitrogens with one attached hydrogen (secondary N) is 1. The lowest BCUT2D eigenvalue weighted by Gasteiger charge is -2.19. The molecule has 0 heterocycles. The Kier molecular flexibility index (Phi) is 4.99. The van der Waals surface area contributed by atoms with Crippen molar-refractivity contribution in [1.29, 1.82) is 0 Å². The minimum atomic E-state index is -0.501. The van der Waals surface area contributed by atoms with E-state index in [-0.39, 0.29) is 5.82 Å². The third-order valence-corrected chi connectivity index (χ3v) is 3.75. The Balaban J connectivity index is 2.49. The molecule has 0 amide bonds. The van der Waals surface area contributed by atoms with Gasteiger partial charge in [0, 0.05) is 10.0 Å². The molecule has 0 aliphatic carbocycles. The molecule has 0 saturated carbocycles. The first kappa shape index (κ1) is 15.3. The summed E-state index contributed by atoms with van der Waals surface area (Å²) < 4.78 is 19.9. The molecule has 1 atom stereocenters. The maximum absolute atomic E-state index is 14.0. The van der Waals surface area contributed by atoms with Gasteiger partial charge in [0.2, 0.25) is 0 Å². The van der Waals surface area contributed by atoms with E-state index in [4.69, 9.17) is 22.2 Å². The van der Waals surface area contributed by atoms with Gasteiger partial charge in [0.15, 0.2) is 0 Å². The van der Waals surface area contributed by atoms with E-state index in [0.29, 0.717) is 16.3 Å². The maximum Gasteiger partial charge on any atom is 0.137 e. The Morgan fingerprint density at radius 2 is 2.05 bits per heavy atom. The zero-order valence-corrected chi connectivity index (χ0v) is 13.0. The molecule has 0 aliphatic rings. The van der Waals surface area contributed by atoms with E-state index in [0.717, 1.165) is 10.0 Å². The van der Waals surface area contributed by atoms with E-state index in [1.807, 2.05) is 0 Å². The van der Waals surface area contributed by atoms with Crippen LogP contribution in [0.25, 0.3) is 0 Å². The molecule has 0 aromatic heterocycles. The molecule has 2 aromatic rings. The van der Waals surface area contributed by atoms with Crippen molar-refractivity contribution in [3.8, 4) is 5.75 Å². The van der Waals surface area contributed by atoms with Gasteiger partial charge in [-0.15, -0.1) is 0 Å². The summed E-state index contributed by atoms with van der Waals surface area (Å²) in [4.78, 5) is 0. The van der Waals surface area contributed by atoms with Gasteiger partial charge in [-0.3, -0.25) is 5.84 Å². The highest BCUT2D eigenvalue weighted by atomic mass is 79.9. The van der Waals surface area contributed by atoms with E-state index in [1.54, 1.807) is 30.3 Å². The number of rotatable bonds is 4. The summed E-state index contributed by atoms with van der Waals surface area (Å²) >= 11 is 9.31. The highest BCUT2D eigenvalue weighted by Gasteiger charge is 2.18. The summed E-state index contributed by atoms with van der Waals surface area (Å²) in [5, 5.41) is 0.488. The Labute approximate surface area is 130 Å². The summed E-state index contributed by atoms with van der Waals surface area (Å²) in [5.74, 6) is 5.75. The van der Waals surface area contributed by atoms with Crippen LogP contribution in [0.2, 0.25) is 5.02 Å². The predicted molar refractivity (Wildman–Crippen MR) is 81.3 cm³/mol. The first-order valence-electron chi connectivity index (χ1n) is 5.81. The van der Waals surface area contributed by atoms with Gasteiger partial charge in [-0.1, -0.05) is 33.6 Å². The fourth-order valence-electron chi connectivity index (χ4n) is 1.96. The van der Waals surface area contributed by atoms with Crippen LogP contribution in [0.5, 0.6) is 5.75 Å². The summed E-state index contributed by atoms with van der Waals surface area (Å²) in [6.45, 7) is 0. The van der Waals surface area contributed by atoms with Gasteiger partial charge in [-0.2, -0.15) is 0 Å². The molecule has 0 aliphatic heterocycles. The molecule has 2 rings (SSSR count). The van der Waals surface area contributed by atoms with Crippen LogP contribution in [-0.4, -0.2) is 7.11 Å². The molecule has 2 aromatic carbocycles. The second kappa shape index (κ2) is 6.54. The van der Waals surface area contributed by atoms with Gasteiger partial charge < -0.3 is 4.74 Å². The molecule has 0 bridgehead atoms. The van der Waals surface area contributed by atoms with Crippen molar-refractivity contribution in [2.45, 2.75) is 6.04 Å². The monoisotopic (exact) mass is 358 g/mol.